The molecule has 2 unspecified atom stereocenters. The molecule has 1 heterocycles. The van der Waals surface area contributed by atoms with E-state index in [4.69, 9.17) is 19.7 Å². The van der Waals surface area contributed by atoms with E-state index in [1.165, 1.54) is 0 Å². The summed E-state index contributed by atoms with van der Waals surface area (Å²) in [7, 11) is 0.906. The zero-order chi connectivity index (χ0) is 17.1. The second-order valence-corrected chi connectivity index (χ2v) is 9.14. The lowest BCUT2D eigenvalue weighted by Crippen LogP contribution is -2.37. The van der Waals surface area contributed by atoms with Gasteiger partial charge >= 0.3 is 7.94 Å². The molecule has 1 aromatic rings. The summed E-state index contributed by atoms with van der Waals surface area (Å²) in [6.07, 6.45) is 4.36. The van der Waals surface area contributed by atoms with Crippen LogP contribution in [0.3, 0.4) is 0 Å². The average Bonchev–Trinajstić information content (AvgIpc) is 2.45. The van der Waals surface area contributed by atoms with Crippen LogP contribution < -0.4 is 15.0 Å². The molecule has 0 amide bonds. The van der Waals surface area contributed by atoms with Gasteiger partial charge in [-0.15, -0.1) is 0 Å². The summed E-state index contributed by atoms with van der Waals surface area (Å²) in [6.45, 7) is 8.65. The first kappa shape index (κ1) is 18.2. The molecule has 1 aromatic carbocycles. The molecule has 128 valence electrons. The van der Waals surface area contributed by atoms with Crippen molar-refractivity contribution in [3.8, 4) is 11.5 Å². The molecule has 4 nitrogen and oxygen atoms in total. The van der Waals surface area contributed by atoms with E-state index in [2.05, 4.69) is 27.7 Å². The van der Waals surface area contributed by atoms with E-state index < -0.39 is 7.94 Å². The molecule has 0 saturated carbocycles. The Balaban J connectivity index is 2.00. The van der Waals surface area contributed by atoms with Gasteiger partial charge in [0, 0.05) is 5.54 Å². The van der Waals surface area contributed by atoms with E-state index in [-0.39, 0.29) is 11.1 Å². The molecule has 1 aliphatic rings. The van der Waals surface area contributed by atoms with Crippen molar-refractivity contribution >= 4 is 7.94 Å². The van der Waals surface area contributed by atoms with Crippen molar-refractivity contribution in [2.45, 2.75) is 58.0 Å². The standard InChI is InChI=1S/C18H30N2O2P/c1-17(2,19)12-10-14-11-13-23(20-18(14,3)4)22-16-8-6-15(21-5)7-9-16/h6-9,14H,10-13,19H2,1-5H3/q+1. The van der Waals surface area contributed by atoms with Crippen LogP contribution >= 0.6 is 7.94 Å². The second kappa shape index (κ2) is 7.19. The summed E-state index contributed by atoms with van der Waals surface area (Å²) in [5.41, 5.74) is 5.99. The maximum absolute atomic E-state index is 6.13. The summed E-state index contributed by atoms with van der Waals surface area (Å²) in [6, 6.07) is 7.75. The van der Waals surface area contributed by atoms with E-state index in [0.717, 1.165) is 36.9 Å². The highest BCUT2D eigenvalue weighted by Gasteiger charge is 2.40. The summed E-state index contributed by atoms with van der Waals surface area (Å²) in [5.74, 6) is 2.30. The van der Waals surface area contributed by atoms with Gasteiger partial charge in [0.2, 0.25) is 0 Å². The fourth-order valence-corrected chi connectivity index (χ4v) is 4.77. The van der Waals surface area contributed by atoms with Gasteiger partial charge in [0.15, 0.2) is 11.9 Å². The Morgan fingerprint density at radius 3 is 2.39 bits per heavy atom. The third-order valence-electron chi connectivity index (χ3n) is 4.44. The lowest BCUT2D eigenvalue weighted by Gasteiger charge is -2.32. The summed E-state index contributed by atoms with van der Waals surface area (Å²) < 4.78 is 16.3. The Kier molecular flexibility index (Phi) is 5.70. The minimum Gasteiger partial charge on any atom is -0.497 e. The van der Waals surface area contributed by atoms with Crippen molar-refractivity contribution in [2.75, 3.05) is 13.3 Å². The third kappa shape index (κ3) is 5.47. The van der Waals surface area contributed by atoms with Crippen molar-refractivity contribution in [1.29, 1.82) is 0 Å². The fraction of sp³-hybridized carbons (Fsp3) is 0.667. The van der Waals surface area contributed by atoms with Gasteiger partial charge in [0.25, 0.3) is 0 Å². The van der Waals surface area contributed by atoms with Crippen molar-refractivity contribution in [1.82, 2.24) is 0 Å². The van der Waals surface area contributed by atoms with Gasteiger partial charge in [-0.05, 0) is 77.1 Å². The molecular formula is C18H30N2O2P+. The summed E-state index contributed by atoms with van der Waals surface area (Å²) in [4.78, 5) is 0. The number of methoxy groups -OCH3 is 1. The van der Waals surface area contributed by atoms with Gasteiger partial charge in [0.1, 0.15) is 11.3 Å². The molecule has 0 spiro atoms. The molecule has 0 fully saturated rings. The smallest absolute Gasteiger partial charge is 0.418 e. The zero-order valence-corrected chi connectivity index (χ0v) is 15.9. The summed E-state index contributed by atoms with van der Waals surface area (Å²) >= 11 is 0. The Bertz CT molecular complexity index is 547. The largest absolute Gasteiger partial charge is 0.497 e. The van der Waals surface area contributed by atoms with Crippen LogP contribution in [0.25, 0.3) is 0 Å². The minimum absolute atomic E-state index is 0.0400. The van der Waals surface area contributed by atoms with E-state index >= 15 is 0 Å². The molecule has 0 radical (unpaired) electrons. The number of hydrogen-bond acceptors (Lipinski definition) is 4. The number of rotatable bonds is 6. The van der Waals surface area contributed by atoms with Crippen molar-refractivity contribution in [3.05, 3.63) is 24.3 Å². The van der Waals surface area contributed by atoms with E-state index in [1.54, 1.807) is 7.11 Å². The number of hydrogen-bond donors (Lipinski definition) is 1. The Morgan fingerprint density at radius 2 is 1.87 bits per heavy atom. The molecule has 1 aliphatic heterocycles. The van der Waals surface area contributed by atoms with Crippen LogP contribution in [0.4, 0.5) is 0 Å². The number of ether oxygens (including phenoxy) is 1. The molecule has 0 saturated heterocycles. The minimum atomic E-state index is -0.762. The fourth-order valence-electron chi connectivity index (χ4n) is 2.91. The average molecular weight is 337 g/mol. The Hall–Kier alpha value is -1.12. The highest BCUT2D eigenvalue weighted by atomic mass is 31.1. The van der Waals surface area contributed by atoms with E-state index in [0.29, 0.717) is 5.92 Å². The Labute approximate surface area is 141 Å². The molecule has 0 aliphatic carbocycles. The molecule has 2 rings (SSSR count). The van der Waals surface area contributed by atoms with Gasteiger partial charge < -0.3 is 10.5 Å². The highest BCUT2D eigenvalue weighted by Crippen LogP contribution is 2.45. The summed E-state index contributed by atoms with van der Waals surface area (Å²) in [5, 5.41) is 0. The first-order chi connectivity index (χ1) is 10.7. The Morgan fingerprint density at radius 1 is 1.26 bits per heavy atom. The van der Waals surface area contributed by atoms with E-state index in [9.17, 15) is 0 Å². The second-order valence-electron chi connectivity index (χ2n) is 7.61. The van der Waals surface area contributed by atoms with Crippen LogP contribution in [0.15, 0.2) is 29.0 Å². The topological polar surface area (TPSA) is 56.8 Å². The number of nitrogens with two attached hydrogens (primary N) is 1. The number of nitrogens with zero attached hydrogens (tertiary/aromatic N) is 1. The van der Waals surface area contributed by atoms with Crippen LogP contribution in [0.5, 0.6) is 11.5 Å². The lowest BCUT2D eigenvalue weighted by atomic mass is 9.80. The third-order valence-corrected chi connectivity index (χ3v) is 6.25. The molecule has 2 atom stereocenters. The molecule has 0 bridgehead atoms. The maximum Gasteiger partial charge on any atom is 0.418 e. The highest BCUT2D eigenvalue weighted by molar-refractivity contribution is 7.42. The van der Waals surface area contributed by atoms with Crippen LogP contribution in [-0.2, 0) is 0 Å². The van der Waals surface area contributed by atoms with Crippen LogP contribution in [-0.4, -0.2) is 24.3 Å². The van der Waals surface area contributed by atoms with Crippen LogP contribution in [0.1, 0.15) is 47.0 Å². The molecule has 5 heteroatoms. The van der Waals surface area contributed by atoms with Crippen molar-refractivity contribution in [3.63, 3.8) is 0 Å². The van der Waals surface area contributed by atoms with Gasteiger partial charge in [-0.3, -0.25) is 4.52 Å². The van der Waals surface area contributed by atoms with Crippen LogP contribution in [0, 0.1) is 5.92 Å². The van der Waals surface area contributed by atoms with Gasteiger partial charge in [0.05, 0.1) is 7.11 Å². The first-order valence-electron chi connectivity index (χ1n) is 8.31. The van der Waals surface area contributed by atoms with Gasteiger partial charge in [-0.25, -0.2) is 0 Å². The van der Waals surface area contributed by atoms with Gasteiger partial charge in [-0.2, -0.15) is 0 Å². The first-order valence-corrected chi connectivity index (χ1v) is 9.71. The lowest BCUT2D eigenvalue weighted by molar-refractivity contribution is 0.262. The van der Waals surface area contributed by atoms with Gasteiger partial charge in [-0.1, -0.05) is 4.74 Å². The van der Waals surface area contributed by atoms with Crippen molar-refractivity contribution in [2.24, 2.45) is 16.4 Å². The van der Waals surface area contributed by atoms with Crippen molar-refractivity contribution < 1.29 is 9.26 Å². The van der Waals surface area contributed by atoms with Crippen LogP contribution in [0.2, 0.25) is 0 Å². The predicted molar refractivity (Wildman–Crippen MR) is 97.5 cm³/mol. The van der Waals surface area contributed by atoms with E-state index in [1.807, 2.05) is 24.3 Å². The molecule has 2 N–H and O–H groups in total. The predicted octanol–water partition coefficient (Wildman–Crippen LogP) is 4.97. The molecular weight excluding hydrogens is 307 g/mol. The number of benzene rings is 1. The quantitative estimate of drug-likeness (QED) is 0.746. The normalized spacial score (nSPS) is 22.3. The maximum atomic E-state index is 6.13. The SMILES string of the molecule is COc1ccc(O[P+]2=NC(C)(C)C(CCC(C)(C)N)CC2)cc1. The molecule has 0 aromatic heterocycles. The molecule has 23 heavy (non-hydrogen) atoms. The zero-order valence-electron chi connectivity index (χ0n) is 15.0. The monoisotopic (exact) mass is 337 g/mol.